The molecule has 5 rings (SSSR count). The number of tetrazole rings is 1. The molecule has 2 fully saturated rings. The Hall–Kier alpha value is -3.68. The van der Waals surface area contributed by atoms with Crippen LogP contribution in [0.5, 0.6) is 0 Å². The highest BCUT2D eigenvalue weighted by Gasteiger charge is 2.39. The molecule has 2 amide bonds. The van der Waals surface area contributed by atoms with Crippen LogP contribution in [-0.2, 0) is 36.4 Å². The van der Waals surface area contributed by atoms with Crippen LogP contribution in [0.2, 0.25) is 5.02 Å². The summed E-state index contributed by atoms with van der Waals surface area (Å²) in [5, 5.41) is 15.0. The molecule has 1 N–H and O–H groups in total. The van der Waals surface area contributed by atoms with E-state index in [2.05, 4.69) is 20.8 Å². The number of aryl methyl sites for hydroxylation is 1. The summed E-state index contributed by atoms with van der Waals surface area (Å²) in [4.78, 5) is 44.0. The SMILES string of the molecule is O=C(CCc1cc(Cl)ccc1-n1cnnn1)[C@@H]1CCCN1C(=O)[C@@H](CC(=O)N1CCNCC1)CS(=O)(=O)Cc1ccccc1. The lowest BCUT2D eigenvalue weighted by Crippen LogP contribution is -2.49. The van der Waals surface area contributed by atoms with Crippen LogP contribution in [0.3, 0.4) is 0 Å². The molecule has 2 aliphatic heterocycles. The van der Waals surface area contributed by atoms with E-state index in [-0.39, 0.29) is 30.3 Å². The summed E-state index contributed by atoms with van der Waals surface area (Å²) in [6.45, 7) is 2.61. The molecule has 0 unspecified atom stereocenters. The van der Waals surface area contributed by atoms with Gasteiger partial charge in [0.25, 0.3) is 0 Å². The Balaban J connectivity index is 1.31. The normalized spacial score (nSPS) is 17.9. The molecule has 0 saturated carbocycles. The summed E-state index contributed by atoms with van der Waals surface area (Å²) in [7, 11) is -3.75. The highest BCUT2D eigenvalue weighted by atomic mass is 35.5. The third-order valence-electron chi connectivity index (χ3n) is 8.11. The van der Waals surface area contributed by atoms with E-state index < -0.39 is 33.5 Å². The zero-order valence-corrected chi connectivity index (χ0v) is 25.9. The smallest absolute Gasteiger partial charge is 0.227 e. The molecule has 14 heteroatoms. The van der Waals surface area contributed by atoms with Gasteiger partial charge in [0.05, 0.1) is 29.2 Å². The molecule has 44 heavy (non-hydrogen) atoms. The number of sulfone groups is 1. The molecule has 12 nitrogen and oxygen atoms in total. The number of rotatable bonds is 12. The monoisotopic (exact) mass is 641 g/mol. The van der Waals surface area contributed by atoms with E-state index in [4.69, 9.17) is 11.6 Å². The number of benzene rings is 2. The number of Topliss-reactive ketones (excluding diaryl/α,β-unsaturated/α-hetero) is 1. The second kappa shape index (κ2) is 14.4. The maximum Gasteiger partial charge on any atom is 0.227 e. The minimum Gasteiger partial charge on any atom is -0.340 e. The maximum atomic E-state index is 14.0. The second-order valence-corrected chi connectivity index (χ2v) is 13.8. The van der Waals surface area contributed by atoms with Crippen molar-refractivity contribution < 1.29 is 22.8 Å². The first-order valence-electron chi connectivity index (χ1n) is 14.8. The number of aromatic nitrogens is 4. The molecule has 0 bridgehead atoms. The molecule has 2 aliphatic rings. The predicted octanol–water partition coefficient (Wildman–Crippen LogP) is 1.86. The fourth-order valence-electron chi connectivity index (χ4n) is 5.94. The van der Waals surface area contributed by atoms with Crippen molar-refractivity contribution in [1.29, 1.82) is 0 Å². The highest BCUT2D eigenvalue weighted by molar-refractivity contribution is 7.90. The molecule has 0 aliphatic carbocycles. The molecular weight excluding hydrogens is 606 g/mol. The molecule has 2 atom stereocenters. The molecule has 234 valence electrons. The van der Waals surface area contributed by atoms with Gasteiger partial charge in [0.2, 0.25) is 11.8 Å². The van der Waals surface area contributed by atoms with Crippen molar-refractivity contribution in [1.82, 2.24) is 35.3 Å². The van der Waals surface area contributed by atoms with E-state index in [0.717, 1.165) is 5.56 Å². The minimum atomic E-state index is -3.75. The van der Waals surface area contributed by atoms with Crippen molar-refractivity contribution in [2.45, 2.75) is 43.9 Å². The van der Waals surface area contributed by atoms with Crippen molar-refractivity contribution in [2.75, 3.05) is 38.5 Å². The van der Waals surface area contributed by atoms with Gasteiger partial charge in [0, 0.05) is 50.6 Å². The Bertz CT molecular complexity index is 1560. The first kappa shape index (κ1) is 31.7. The number of piperazine rings is 1. The van der Waals surface area contributed by atoms with Crippen molar-refractivity contribution in [2.24, 2.45) is 5.92 Å². The van der Waals surface area contributed by atoms with Gasteiger partial charge in [-0.3, -0.25) is 14.4 Å². The number of nitrogens with zero attached hydrogens (tertiary/aromatic N) is 6. The fraction of sp³-hybridized carbons (Fsp3) is 0.467. The number of nitrogens with one attached hydrogen (secondary N) is 1. The lowest BCUT2D eigenvalue weighted by molar-refractivity contribution is -0.143. The van der Waals surface area contributed by atoms with E-state index >= 15 is 0 Å². The zero-order chi connectivity index (χ0) is 31.1. The highest BCUT2D eigenvalue weighted by Crippen LogP contribution is 2.27. The number of amides is 2. The van der Waals surface area contributed by atoms with Gasteiger partial charge in [-0.2, -0.15) is 0 Å². The number of likely N-dealkylation sites (tertiary alicyclic amines) is 1. The van der Waals surface area contributed by atoms with Gasteiger partial charge in [-0.05, 0) is 59.0 Å². The van der Waals surface area contributed by atoms with Crippen molar-refractivity contribution in [3.8, 4) is 5.69 Å². The van der Waals surface area contributed by atoms with Crippen molar-refractivity contribution in [3.63, 3.8) is 0 Å². The number of halogens is 1. The van der Waals surface area contributed by atoms with E-state index in [9.17, 15) is 22.8 Å². The Morgan fingerprint density at radius 1 is 1.05 bits per heavy atom. The van der Waals surface area contributed by atoms with Crippen LogP contribution in [0.15, 0.2) is 54.9 Å². The van der Waals surface area contributed by atoms with E-state index in [1.165, 1.54) is 15.9 Å². The largest absolute Gasteiger partial charge is 0.340 e. The van der Waals surface area contributed by atoms with Crippen LogP contribution in [0.4, 0.5) is 0 Å². The average Bonchev–Trinajstić information content (AvgIpc) is 3.73. The third-order valence-corrected chi connectivity index (χ3v) is 10.0. The Morgan fingerprint density at radius 3 is 2.55 bits per heavy atom. The first-order valence-corrected chi connectivity index (χ1v) is 17.0. The van der Waals surface area contributed by atoms with Crippen LogP contribution < -0.4 is 5.32 Å². The van der Waals surface area contributed by atoms with Gasteiger partial charge in [0.1, 0.15) is 6.33 Å². The van der Waals surface area contributed by atoms with Gasteiger partial charge < -0.3 is 15.1 Å². The van der Waals surface area contributed by atoms with Crippen LogP contribution in [0, 0.1) is 5.92 Å². The summed E-state index contributed by atoms with van der Waals surface area (Å²) < 4.78 is 28.1. The van der Waals surface area contributed by atoms with Gasteiger partial charge in [-0.15, -0.1) is 5.10 Å². The number of carbonyl (C=O) groups excluding carboxylic acids is 3. The van der Waals surface area contributed by atoms with Crippen LogP contribution >= 0.6 is 11.6 Å². The molecule has 2 aromatic carbocycles. The standard InChI is InChI=1S/C30H36ClN7O5S/c31-25-9-10-26(38-21-33-34-35-38)23(17-25)8-11-28(39)27-7-4-14-37(27)30(41)24(18-29(40)36-15-12-32-13-16-36)20-44(42,43)19-22-5-2-1-3-6-22/h1-3,5-6,9-10,17,21,24,27,32H,4,7-8,11-16,18-20H2/t24-,27-/m0/s1. The summed E-state index contributed by atoms with van der Waals surface area (Å²) in [5.74, 6) is -2.62. The lowest BCUT2D eigenvalue weighted by atomic mass is 9.99. The average molecular weight is 642 g/mol. The van der Waals surface area contributed by atoms with Gasteiger partial charge in [-0.1, -0.05) is 41.9 Å². The molecule has 0 spiro atoms. The Labute approximate surface area is 261 Å². The molecule has 1 aromatic heterocycles. The van der Waals surface area contributed by atoms with Gasteiger partial charge in [0.15, 0.2) is 15.6 Å². The van der Waals surface area contributed by atoms with Gasteiger partial charge in [-0.25, -0.2) is 13.1 Å². The summed E-state index contributed by atoms with van der Waals surface area (Å²) >= 11 is 6.24. The first-order chi connectivity index (χ1) is 21.2. The number of hydrogen-bond donors (Lipinski definition) is 1. The molecule has 0 radical (unpaired) electrons. The molecule has 3 heterocycles. The molecule has 2 saturated heterocycles. The number of carbonyl (C=O) groups is 3. The van der Waals surface area contributed by atoms with E-state index in [1.54, 1.807) is 53.4 Å². The third kappa shape index (κ3) is 8.07. The molecular formula is C30H36ClN7O5S. The number of ketones is 1. The van der Waals surface area contributed by atoms with Crippen molar-refractivity contribution >= 4 is 39.0 Å². The van der Waals surface area contributed by atoms with Crippen LogP contribution in [0.25, 0.3) is 5.69 Å². The Morgan fingerprint density at radius 2 is 1.82 bits per heavy atom. The second-order valence-electron chi connectivity index (χ2n) is 11.3. The van der Waals surface area contributed by atoms with E-state index in [1.807, 2.05) is 0 Å². The maximum absolute atomic E-state index is 14.0. The van der Waals surface area contributed by atoms with Gasteiger partial charge >= 0.3 is 0 Å². The lowest BCUT2D eigenvalue weighted by Gasteiger charge is -2.31. The summed E-state index contributed by atoms with van der Waals surface area (Å²) in [5.41, 5.74) is 2.09. The number of hydrogen-bond acceptors (Lipinski definition) is 9. The zero-order valence-electron chi connectivity index (χ0n) is 24.3. The van der Waals surface area contributed by atoms with Crippen molar-refractivity contribution in [3.05, 3.63) is 71.0 Å². The topological polar surface area (TPSA) is 147 Å². The summed E-state index contributed by atoms with van der Waals surface area (Å²) in [6.07, 6.45) is 2.82. The predicted molar refractivity (Wildman–Crippen MR) is 164 cm³/mol. The minimum absolute atomic E-state index is 0.127. The Kier molecular flexibility index (Phi) is 10.4. The quantitative estimate of drug-likeness (QED) is 0.313. The van der Waals surface area contributed by atoms with E-state index in [0.29, 0.717) is 68.3 Å². The fourth-order valence-corrected chi connectivity index (χ4v) is 7.83. The van der Waals surface area contributed by atoms with Crippen LogP contribution in [-0.4, -0.2) is 101 Å². The van der Waals surface area contributed by atoms with Crippen LogP contribution in [0.1, 0.15) is 36.8 Å². The summed E-state index contributed by atoms with van der Waals surface area (Å²) in [6, 6.07) is 13.3. The molecule has 3 aromatic rings.